The molecule has 0 aromatic heterocycles. The van der Waals surface area contributed by atoms with Crippen molar-refractivity contribution in [3.8, 4) is 0 Å². The van der Waals surface area contributed by atoms with Gasteiger partial charge in [0.25, 0.3) is 5.91 Å². The van der Waals surface area contributed by atoms with Crippen molar-refractivity contribution in [1.29, 1.82) is 0 Å². The number of hydrogen-bond donors (Lipinski definition) is 3. The van der Waals surface area contributed by atoms with E-state index in [2.05, 4.69) is 15.8 Å². The van der Waals surface area contributed by atoms with Crippen molar-refractivity contribution in [1.82, 2.24) is 5.43 Å². The molecule has 0 atom stereocenters. The second-order valence-corrected chi connectivity index (χ2v) is 7.53. The number of carbonyl (C=O) groups is 2. The first-order valence-corrected chi connectivity index (χ1v) is 9.45. The highest BCUT2D eigenvalue weighted by molar-refractivity contribution is 8.08. The number of anilines is 1. The van der Waals surface area contributed by atoms with Gasteiger partial charge in [-0.05, 0) is 43.7 Å². The molecule has 2 aliphatic rings. The predicted molar refractivity (Wildman–Crippen MR) is 110 cm³/mol. The van der Waals surface area contributed by atoms with Gasteiger partial charge in [-0.15, -0.1) is 0 Å². The van der Waals surface area contributed by atoms with Crippen LogP contribution < -0.4 is 10.7 Å². The summed E-state index contributed by atoms with van der Waals surface area (Å²) >= 11 is 1.48. The van der Waals surface area contributed by atoms with Crippen LogP contribution in [0.5, 0.6) is 0 Å². The highest BCUT2D eigenvalue weighted by Gasteiger charge is 2.26. The molecule has 28 heavy (non-hydrogen) atoms. The minimum atomic E-state index is -0.947. The first-order chi connectivity index (χ1) is 13.5. The number of benzene rings is 2. The Morgan fingerprint density at radius 1 is 1.11 bits per heavy atom. The first kappa shape index (κ1) is 18.1. The number of carboxylic acids is 1. The Labute approximate surface area is 166 Å². The summed E-state index contributed by atoms with van der Waals surface area (Å²) in [4.78, 5) is 25.5. The van der Waals surface area contributed by atoms with E-state index in [9.17, 15) is 14.7 Å². The zero-order chi connectivity index (χ0) is 19.8. The molecule has 2 aromatic rings. The number of fused-ring (bicyclic) bond motifs is 1. The molecule has 140 valence electrons. The van der Waals surface area contributed by atoms with Crippen molar-refractivity contribution in [3.05, 3.63) is 76.5 Å². The second-order valence-electron chi connectivity index (χ2n) is 6.44. The van der Waals surface area contributed by atoms with E-state index < -0.39 is 5.97 Å². The number of hydrogen-bond acceptors (Lipinski definition) is 5. The maximum Gasteiger partial charge on any atom is 0.335 e. The molecular weight excluding hydrogens is 374 g/mol. The molecule has 0 saturated carbocycles. The Kier molecular flexibility index (Phi) is 4.52. The van der Waals surface area contributed by atoms with Gasteiger partial charge in [-0.1, -0.05) is 36.0 Å². The van der Waals surface area contributed by atoms with E-state index in [0.717, 1.165) is 21.1 Å². The molecule has 3 N–H and O–H groups in total. The number of hydrazone groups is 1. The number of nitrogens with zero attached hydrogens (tertiary/aromatic N) is 1. The molecule has 6 nitrogen and oxygen atoms in total. The van der Waals surface area contributed by atoms with Crippen molar-refractivity contribution in [2.24, 2.45) is 5.10 Å². The Morgan fingerprint density at radius 3 is 2.61 bits per heavy atom. The number of amides is 1. The van der Waals surface area contributed by atoms with Crippen LogP contribution in [0, 0.1) is 6.92 Å². The van der Waals surface area contributed by atoms with Gasteiger partial charge in [0.2, 0.25) is 0 Å². The monoisotopic (exact) mass is 391 g/mol. The summed E-state index contributed by atoms with van der Waals surface area (Å²) in [5.74, 6) is -1.19. The third-order valence-corrected chi connectivity index (χ3v) is 5.87. The van der Waals surface area contributed by atoms with Crippen LogP contribution in [0.3, 0.4) is 0 Å². The van der Waals surface area contributed by atoms with E-state index in [1.54, 1.807) is 26.0 Å². The van der Waals surface area contributed by atoms with Crippen molar-refractivity contribution >= 4 is 39.9 Å². The van der Waals surface area contributed by atoms with Gasteiger partial charge in [0, 0.05) is 21.1 Å². The van der Waals surface area contributed by atoms with E-state index in [0.29, 0.717) is 22.5 Å². The summed E-state index contributed by atoms with van der Waals surface area (Å²) in [6, 6.07) is 13.1. The number of allylic oxidation sites excluding steroid dienone is 1. The maximum atomic E-state index is 12.2. The van der Waals surface area contributed by atoms with E-state index in [1.807, 2.05) is 36.4 Å². The van der Waals surface area contributed by atoms with Crippen LogP contribution in [0.2, 0.25) is 0 Å². The van der Waals surface area contributed by atoms with Crippen LogP contribution >= 0.6 is 11.8 Å². The quantitative estimate of drug-likeness (QED) is 0.688. The van der Waals surface area contributed by atoms with Gasteiger partial charge in [-0.2, -0.15) is 5.10 Å². The molecule has 2 heterocycles. The molecular formula is C21H17N3O3S. The average molecular weight is 391 g/mol. The van der Waals surface area contributed by atoms with E-state index in [-0.39, 0.29) is 11.5 Å². The fraction of sp³-hybridized carbons (Fsp3) is 0.0952. The molecule has 0 aliphatic carbocycles. The summed E-state index contributed by atoms with van der Waals surface area (Å²) in [6.07, 6.45) is 1.92. The first-order valence-electron chi connectivity index (χ1n) is 8.64. The highest BCUT2D eigenvalue weighted by atomic mass is 32.2. The van der Waals surface area contributed by atoms with Gasteiger partial charge in [-0.25, -0.2) is 10.2 Å². The minimum absolute atomic E-state index is 0.246. The van der Waals surface area contributed by atoms with Gasteiger partial charge in [-0.3, -0.25) is 4.79 Å². The molecule has 0 unspecified atom stereocenters. The third-order valence-electron chi connectivity index (χ3n) is 4.66. The molecule has 0 spiro atoms. The van der Waals surface area contributed by atoms with Gasteiger partial charge < -0.3 is 10.4 Å². The largest absolute Gasteiger partial charge is 0.478 e. The summed E-state index contributed by atoms with van der Waals surface area (Å²) in [5.41, 5.74) is 7.15. The SMILES string of the molecule is CC1=NNC(=O)/C1=C1/C=C(Sc2cccc(C(=O)O)c2C)c2ccccc2N1. The van der Waals surface area contributed by atoms with Crippen molar-refractivity contribution < 1.29 is 14.7 Å². The smallest absolute Gasteiger partial charge is 0.335 e. The maximum absolute atomic E-state index is 12.2. The normalized spacial score (nSPS) is 18.0. The fourth-order valence-electron chi connectivity index (χ4n) is 3.22. The van der Waals surface area contributed by atoms with Gasteiger partial charge in [0.05, 0.1) is 22.5 Å². The number of rotatable bonds is 3. The lowest BCUT2D eigenvalue weighted by Gasteiger charge is -2.22. The molecule has 2 aliphatic heterocycles. The van der Waals surface area contributed by atoms with E-state index in [1.165, 1.54) is 11.8 Å². The highest BCUT2D eigenvalue weighted by Crippen LogP contribution is 2.43. The summed E-state index contributed by atoms with van der Waals surface area (Å²) in [6.45, 7) is 3.59. The fourth-order valence-corrected chi connectivity index (χ4v) is 4.33. The molecule has 0 bridgehead atoms. The number of thioether (sulfide) groups is 1. The van der Waals surface area contributed by atoms with Crippen LogP contribution in [-0.2, 0) is 4.79 Å². The van der Waals surface area contributed by atoms with E-state index >= 15 is 0 Å². The molecule has 0 radical (unpaired) electrons. The second kappa shape index (κ2) is 7.01. The Balaban J connectivity index is 1.83. The summed E-state index contributed by atoms with van der Waals surface area (Å²) in [5, 5.41) is 16.7. The summed E-state index contributed by atoms with van der Waals surface area (Å²) < 4.78 is 0. The molecule has 0 fully saturated rings. The molecule has 1 amide bonds. The lowest BCUT2D eigenvalue weighted by molar-refractivity contribution is -0.116. The number of nitrogens with one attached hydrogen (secondary N) is 2. The number of carboxylic acid groups (broad SMARTS) is 1. The van der Waals surface area contributed by atoms with Crippen LogP contribution in [-0.4, -0.2) is 22.7 Å². The predicted octanol–water partition coefficient (Wildman–Crippen LogP) is 4.01. The van der Waals surface area contributed by atoms with Gasteiger partial charge in [0.15, 0.2) is 0 Å². The molecule has 7 heteroatoms. The van der Waals surface area contributed by atoms with Crippen LogP contribution in [0.25, 0.3) is 4.91 Å². The minimum Gasteiger partial charge on any atom is -0.478 e. The van der Waals surface area contributed by atoms with Gasteiger partial charge >= 0.3 is 5.97 Å². The topological polar surface area (TPSA) is 90.8 Å². The van der Waals surface area contributed by atoms with Crippen LogP contribution in [0.15, 0.2) is 69.8 Å². The molecule has 4 rings (SSSR count). The Hall–Kier alpha value is -3.32. The molecule has 2 aromatic carbocycles. The van der Waals surface area contributed by atoms with Crippen molar-refractivity contribution in [3.63, 3.8) is 0 Å². The number of para-hydroxylation sites is 1. The Morgan fingerprint density at radius 2 is 1.89 bits per heavy atom. The van der Waals surface area contributed by atoms with Crippen LogP contribution in [0.4, 0.5) is 5.69 Å². The molecule has 0 saturated heterocycles. The lowest BCUT2D eigenvalue weighted by Crippen LogP contribution is -2.18. The lowest BCUT2D eigenvalue weighted by atomic mass is 10.0. The average Bonchev–Trinajstić information content (AvgIpc) is 3.01. The standard InChI is InChI=1S/C21H17N3O3S/c1-11-13(21(26)27)7-5-9-17(11)28-18-10-16(19-12(2)23-24-20(19)25)22-15-8-4-3-6-14(15)18/h3-10,22H,1-2H3,(H,24,25)(H,26,27)/b19-16-. The van der Waals surface area contributed by atoms with Crippen LogP contribution in [0.1, 0.15) is 28.4 Å². The van der Waals surface area contributed by atoms with Crippen molar-refractivity contribution in [2.75, 3.05) is 5.32 Å². The zero-order valence-corrected chi connectivity index (χ0v) is 16.1. The van der Waals surface area contributed by atoms with E-state index in [4.69, 9.17) is 0 Å². The van der Waals surface area contributed by atoms with Gasteiger partial charge in [0.1, 0.15) is 0 Å². The third kappa shape index (κ3) is 3.10. The number of aromatic carboxylic acids is 1. The summed E-state index contributed by atoms with van der Waals surface area (Å²) in [7, 11) is 0. The van der Waals surface area contributed by atoms with Crippen molar-refractivity contribution in [2.45, 2.75) is 18.7 Å². The number of carbonyl (C=O) groups excluding carboxylic acids is 1. The Bertz CT molecular complexity index is 1120. The zero-order valence-electron chi connectivity index (χ0n) is 15.2.